The lowest BCUT2D eigenvalue weighted by molar-refractivity contribution is -0.134. The van der Waals surface area contributed by atoms with Crippen LogP contribution in [0.25, 0.3) is 11.1 Å². The molecule has 12 nitrogen and oxygen atoms in total. The Bertz CT molecular complexity index is 1820. The van der Waals surface area contributed by atoms with Crippen LogP contribution in [0.4, 0.5) is 5.69 Å². The van der Waals surface area contributed by atoms with Crippen LogP contribution in [0.5, 0.6) is 28.7 Å². The molecule has 0 spiro atoms. The summed E-state index contributed by atoms with van der Waals surface area (Å²) in [4.78, 5) is 44.5. The van der Waals surface area contributed by atoms with E-state index in [4.69, 9.17) is 23.7 Å². The lowest BCUT2D eigenvalue weighted by atomic mass is 9.95. The largest absolute Gasteiger partial charge is 0.493 e. The number of ether oxygens (including phenoxy) is 5. The number of piperazine rings is 1. The molecule has 2 amide bonds. The Balaban J connectivity index is 1.27. The van der Waals surface area contributed by atoms with E-state index in [9.17, 15) is 14.4 Å². The summed E-state index contributed by atoms with van der Waals surface area (Å²) >= 11 is 0. The van der Waals surface area contributed by atoms with Gasteiger partial charge < -0.3 is 39.2 Å². The molecule has 6 rings (SSSR count). The van der Waals surface area contributed by atoms with Gasteiger partial charge in [-0.15, -0.1) is 0 Å². The van der Waals surface area contributed by atoms with Gasteiger partial charge in [0.1, 0.15) is 6.04 Å². The molecular weight excluding hydrogens is 640 g/mol. The minimum absolute atomic E-state index is 0.0461. The topological polar surface area (TPSA) is 128 Å². The fourth-order valence-corrected chi connectivity index (χ4v) is 7.13. The van der Waals surface area contributed by atoms with Gasteiger partial charge in [0.2, 0.25) is 29.8 Å². The summed E-state index contributed by atoms with van der Waals surface area (Å²) in [7, 11) is 4.69. The van der Waals surface area contributed by atoms with E-state index in [-0.39, 0.29) is 30.0 Å². The van der Waals surface area contributed by atoms with Crippen LogP contribution >= 0.6 is 0 Å². The standard InChI is InChI=1S/C38H46N4O8/c1-22(2)35(38(45)42-15-13-41(14-16-42)20-24-7-12-31-32(17-24)50-21-49-31)40-29-11-9-26-27(19-30(29)44)28(39-23(3)43)10-8-25-18-33(46-4)36(47-5)37(48-6)34(25)26/h7,9,11-12,17-19,22,28,35H,8,10,13-16,20-21H2,1-6H3,(H,39,43)(H,40,44). The molecule has 1 aliphatic carbocycles. The molecule has 0 saturated carbocycles. The number of nitrogens with one attached hydrogen (secondary N) is 2. The molecule has 1 fully saturated rings. The van der Waals surface area contributed by atoms with E-state index in [0.29, 0.717) is 54.4 Å². The SMILES string of the molecule is COc1cc2c(c(OC)c1OC)-c1ccc(NC(C(=O)N3CCN(Cc4ccc5c(c4)OCO5)CC3)C(C)C)c(=O)cc1C(NC(C)=O)CC2. The fourth-order valence-electron chi connectivity index (χ4n) is 7.13. The zero-order chi connectivity index (χ0) is 35.5. The first-order valence-electron chi connectivity index (χ1n) is 17.1. The van der Waals surface area contributed by atoms with Gasteiger partial charge in [-0.1, -0.05) is 26.0 Å². The van der Waals surface area contributed by atoms with Gasteiger partial charge in [-0.2, -0.15) is 0 Å². The van der Waals surface area contributed by atoms with Crippen LogP contribution in [0.15, 0.2) is 47.3 Å². The van der Waals surface area contributed by atoms with Crippen molar-refractivity contribution < 1.29 is 33.3 Å². The quantitative estimate of drug-likeness (QED) is 0.318. The first kappa shape index (κ1) is 34.9. The predicted molar refractivity (Wildman–Crippen MR) is 189 cm³/mol. The van der Waals surface area contributed by atoms with E-state index in [2.05, 4.69) is 15.5 Å². The summed E-state index contributed by atoms with van der Waals surface area (Å²) in [5.74, 6) is 2.63. The highest BCUT2D eigenvalue weighted by Gasteiger charge is 2.32. The smallest absolute Gasteiger partial charge is 0.245 e. The third-order valence-electron chi connectivity index (χ3n) is 9.69. The third kappa shape index (κ3) is 7.02. The molecule has 2 aliphatic heterocycles. The molecule has 3 aromatic carbocycles. The summed E-state index contributed by atoms with van der Waals surface area (Å²) in [6.07, 6.45) is 1.15. The molecule has 3 aliphatic rings. The normalized spacial score (nSPS) is 17.3. The van der Waals surface area contributed by atoms with Crippen molar-refractivity contribution in [2.45, 2.75) is 52.2 Å². The van der Waals surface area contributed by atoms with Crippen LogP contribution in [0.2, 0.25) is 0 Å². The summed E-state index contributed by atoms with van der Waals surface area (Å²) in [6.45, 7) is 9.02. The van der Waals surface area contributed by atoms with E-state index < -0.39 is 12.1 Å². The lowest BCUT2D eigenvalue weighted by Gasteiger charge is -2.37. The summed E-state index contributed by atoms with van der Waals surface area (Å²) < 4.78 is 28.2. The van der Waals surface area contributed by atoms with Gasteiger partial charge in [-0.05, 0) is 71.3 Å². The molecule has 2 heterocycles. The number of benzene rings is 2. The van der Waals surface area contributed by atoms with Gasteiger partial charge in [0, 0.05) is 45.2 Å². The molecule has 12 heteroatoms. The van der Waals surface area contributed by atoms with E-state index in [1.54, 1.807) is 33.5 Å². The maximum atomic E-state index is 14.0. The first-order valence-corrected chi connectivity index (χ1v) is 17.1. The van der Waals surface area contributed by atoms with Crippen molar-refractivity contribution >= 4 is 17.5 Å². The van der Waals surface area contributed by atoms with Crippen molar-refractivity contribution in [3.8, 4) is 39.9 Å². The number of nitrogens with zero attached hydrogens (tertiary/aromatic N) is 2. The highest BCUT2D eigenvalue weighted by Crippen LogP contribution is 2.50. The molecule has 0 aromatic heterocycles. The number of hydrogen-bond acceptors (Lipinski definition) is 10. The highest BCUT2D eigenvalue weighted by molar-refractivity contribution is 5.86. The number of carbonyl (C=O) groups is 2. The van der Waals surface area contributed by atoms with Gasteiger partial charge in [0.25, 0.3) is 0 Å². The average molecular weight is 687 g/mol. The second kappa shape index (κ2) is 14.9. The predicted octanol–water partition coefficient (Wildman–Crippen LogP) is 4.37. The molecule has 3 aromatic rings. The number of amides is 2. The number of hydrogen-bond donors (Lipinski definition) is 2. The van der Waals surface area contributed by atoms with E-state index >= 15 is 0 Å². The van der Waals surface area contributed by atoms with Gasteiger partial charge >= 0.3 is 0 Å². The molecule has 266 valence electrons. The van der Waals surface area contributed by atoms with Crippen molar-refractivity contribution in [2.24, 2.45) is 5.92 Å². The monoisotopic (exact) mass is 686 g/mol. The highest BCUT2D eigenvalue weighted by atomic mass is 16.7. The van der Waals surface area contributed by atoms with E-state index in [1.165, 1.54) is 6.92 Å². The third-order valence-corrected chi connectivity index (χ3v) is 9.69. The second-order valence-corrected chi connectivity index (χ2v) is 13.3. The molecule has 2 atom stereocenters. The zero-order valence-corrected chi connectivity index (χ0v) is 29.6. The van der Waals surface area contributed by atoms with Gasteiger partial charge in [-0.25, -0.2) is 0 Å². The summed E-state index contributed by atoms with van der Waals surface area (Å²) in [5.41, 5.74) is 4.25. The first-order chi connectivity index (χ1) is 24.1. The lowest BCUT2D eigenvalue weighted by Crippen LogP contribution is -2.53. The Hall–Kier alpha value is -4.97. The molecule has 0 radical (unpaired) electrons. The van der Waals surface area contributed by atoms with Crippen LogP contribution < -0.4 is 39.7 Å². The van der Waals surface area contributed by atoms with Crippen LogP contribution in [-0.4, -0.2) is 82.0 Å². The Kier molecular flexibility index (Phi) is 10.4. The number of carbonyl (C=O) groups excluding carboxylic acids is 2. The van der Waals surface area contributed by atoms with E-state index in [0.717, 1.165) is 53.4 Å². The number of rotatable bonds is 10. The van der Waals surface area contributed by atoms with Crippen molar-refractivity contribution in [3.63, 3.8) is 0 Å². The number of methoxy groups -OCH3 is 3. The number of anilines is 1. The Morgan fingerprint density at radius 1 is 0.920 bits per heavy atom. The molecule has 1 saturated heterocycles. The van der Waals surface area contributed by atoms with Crippen LogP contribution in [0.1, 0.15) is 49.9 Å². The fraction of sp³-hybridized carbons (Fsp3) is 0.447. The van der Waals surface area contributed by atoms with Gasteiger partial charge in [-0.3, -0.25) is 19.3 Å². The minimum atomic E-state index is -0.623. The van der Waals surface area contributed by atoms with Crippen LogP contribution in [0.3, 0.4) is 0 Å². The Morgan fingerprint density at radius 2 is 1.66 bits per heavy atom. The molecule has 0 bridgehead atoms. The summed E-state index contributed by atoms with van der Waals surface area (Å²) in [6, 6.07) is 12.0. The van der Waals surface area contributed by atoms with Crippen LogP contribution in [-0.2, 0) is 22.6 Å². The minimum Gasteiger partial charge on any atom is -0.493 e. The number of fused-ring (bicyclic) bond motifs is 4. The number of aryl methyl sites for hydroxylation is 1. The van der Waals surface area contributed by atoms with Crippen molar-refractivity contribution in [1.82, 2.24) is 15.1 Å². The van der Waals surface area contributed by atoms with E-state index in [1.807, 2.05) is 49.1 Å². The maximum absolute atomic E-state index is 14.0. The second-order valence-electron chi connectivity index (χ2n) is 13.3. The van der Waals surface area contributed by atoms with Gasteiger partial charge in [0.15, 0.2) is 23.0 Å². The average Bonchev–Trinajstić information content (AvgIpc) is 3.45. The zero-order valence-electron chi connectivity index (χ0n) is 29.6. The Morgan fingerprint density at radius 3 is 2.34 bits per heavy atom. The molecular formula is C38H46N4O8. The van der Waals surface area contributed by atoms with Crippen molar-refractivity contribution in [1.29, 1.82) is 0 Å². The van der Waals surface area contributed by atoms with Gasteiger partial charge in [0.05, 0.1) is 33.1 Å². The van der Waals surface area contributed by atoms with Crippen molar-refractivity contribution in [2.75, 3.05) is 59.6 Å². The Labute approximate surface area is 292 Å². The van der Waals surface area contributed by atoms with Crippen molar-refractivity contribution in [3.05, 3.63) is 69.4 Å². The maximum Gasteiger partial charge on any atom is 0.245 e. The molecule has 2 N–H and O–H groups in total. The summed E-state index contributed by atoms with van der Waals surface area (Å²) in [5, 5.41) is 6.36. The molecule has 2 unspecified atom stereocenters. The van der Waals surface area contributed by atoms with Crippen LogP contribution in [0, 0.1) is 5.92 Å². The molecule has 50 heavy (non-hydrogen) atoms.